The molecule has 0 radical (unpaired) electrons. The number of hydrogen-bond donors (Lipinski definition) is 1. The summed E-state index contributed by atoms with van der Waals surface area (Å²) in [6, 6.07) is 0. The third-order valence-corrected chi connectivity index (χ3v) is 3.04. The van der Waals surface area contributed by atoms with E-state index in [2.05, 4.69) is 16.9 Å². The topological polar surface area (TPSA) is 49.5 Å². The van der Waals surface area contributed by atoms with Gasteiger partial charge in [0.2, 0.25) is 0 Å². The van der Waals surface area contributed by atoms with Crippen LogP contribution in [0.25, 0.3) is 0 Å². The Labute approximate surface area is 96.3 Å². The zero-order valence-corrected chi connectivity index (χ0v) is 10.0. The van der Waals surface area contributed by atoms with Crippen LogP contribution in [0.3, 0.4) is 0 Å². The van der Waals surface area contributed by atoms with Crippen molar-refractivity contribution >= 4 is 0 Å². The predicted molar refractivity (Wildman–Crippen MR) is 61.4 cm³/mol. The average molecular weight is 224 g/mol. The van der Waals surface area contributed by atoms with Gasteiger partial charge in [0.25, 0.3) is 0 Å². The van der Waals surface area contributed by atoms with Gasteiger partial charge in [0.15, 0.2) is 5.89 Å². The highest BCUT2D eigenvalue weighted by atomic mass is 16.4. The first-order valence-corrected chi connectivity index (χ1v) is 5.96. The molecule has 0 bridgehead atoms. The van der Waals surface area contributed by atoms with Crippen LogP contribution in [0.2, 0.25) is 0 Å². The molecule has 1 saturated heterocycles. The maximum Gasteiger partial charge on any atom is 0.198 e. The summed E-state index contributed by atoms with van der Waals surface area (Å²) in [5.74, 6) is 2.04. The molecule has 0 saturated carbocycles. The summed E-state index contributed by atoms with van der Waals surface area (Å²) in [5.41, 5.74) is 0. The zero-order valence-electron chi connectivity index (χ0n) is 10.0. The SMILES string of the molecule is CC(O)Cc1cnc(C2CCCN(C)C2)o1. The molecule has 0 amide bonds. The Hall–Kier alpha value is -0.870. The van der Waals surface area contributed by atoms with Gasteiger partial charge in [-0.15, -0.1) is 0 Å². The molecule has 2 unspecified atom stereocenters. The van der Waals surface area contributed by atoms with Gasteiger partial charge < -0.3 is 14.4 Å². The van der Waals surface area contributed by atoms with Crippen molar-refractivity contribution in [2.24, 2.45) is 0 Å². The maximum absolute atomic E-state index is 9.27. The number of aromatic nitrogens is 1. The number of likely N-dealkylation sites (N-methyl/N-ethyl adjacent to an activating group) is 1. The molecular formula is C12H20N2O2. The van der Waals surface area contributed by atoms with Gasteiger partial charge in [-0.2, -0.15) is 0 Å². The summed E-state index contributed by atoms with van der Waals surface area (Å²) >= 11 is 0. The van der Waals surface area contributed by atoms with Crippen LogP contribution in [0.1, 0.15) is 37.3 Å². The highest BCUT2D eigenvalue weighted by Gasteiger charge is 2.23. The molecule has 1 aromatic heterocycles. The number of rotatable bonds is 3. The van der Waals surface area contributed by atoms with E-state index in [1.807, 2.05) is 0 Å². The Morgan fingerprint density at radius 2 is 2.50 bits per heavy atom. The van der Waals surface area contributed by atoms with Gasteiger partial charge in [-0.1, -0.05) is 0 Å². The van der Waals surface area contributed by atoms with Crippen molar-refractivity contribution in [3.8, 4) is 0 Å². The third kappa shape index (κ3) is 2.83. The molecule has 1 aromatic rings. The van der Waals surface area contributed by atoms with Gasteiger partial charge in [-0.25, -0.2) is 4.98 Å². The fourth-order valence-corrected chi connectivity index (χ4v) is 2.26. The van der Waals surface area contributed by atoms with Crippen LogP contribution in [0.15, 0.2) is 10.6 Å². The molecule has 4 nitrogen and oxygen atoms in total. The second-order valence-electron chi connectivity index (χ2n) is 4.82. The summed E-state index contributed by atoms with van der Waals surface area (Å²) in [7, 11) is 2.13. The first-order chi connectivity index (χ1) is 7.65. The van der Waals surface area contributed by atoms with Gasteiger partial charge >= 0.3 is 0 Å². The van der Waals surface area contributed by atoms with Crippen molar-refractivity contribution in [1.82, 2.24) is 9.88 Å². The van der Waals surface area contributed by atoms with E-state index in [4.69, 9.17) is 4.42 Å². The van der Waals surface area contributed by atoms with E-state index in [0.29, 0.717) is 12.3 Å². The fraction of sp³-hybridized carbons (Fsp3) is 0.750. The van der Waals surface area contributed by atoms with E-state index in [0.717, 1.165) is 31.2 Å². The molecule has 1 fully saturated rings. The molecule has 1 N–H and O–H groups in total. The summed E-state index contributed by atoms with van der Waals surface area (Å²) in [4.78, 5) is 6.64. The first-order valence-electron chi connectivity index (χ1n) is 5.96. The van der Waals surface area contributed by atoms with E-state index >= 15 is 0 Å². The molecule has 90 valence electrons. The van der Waals surface area contributed by atoms with Gasteiger partial charge in [-0.05, 0) is 33.4 Å². The number of oxazole rings is 1. The van der Waals surface area contributed by atoms with Crippen LogP contribution < -0.4 is 0 Å². The number of likely N-dealkylation sites (tertiary alicyclic amines) is 1. The molecule has 16 heavy (non-hydrogen) atoms. The number of aliphatic hydroxyl groups excluding tert-OH is 1. The van der Waals surface area contributed by atoms with Crippen molar-refractivity contribution in [2.75, 3.05) is 20.1 Å². The minimum atomic E-state index is -0.366. The average Bonchev–Trinajstić information content (AvgIpc) is 2.65. The summed E-state index contributed by atoms with van der Waals surface area (Å²) in [6.07, 6.45) is 4.29. The van der Waals surface area contributed by atoms with E-state index < -0.39 is 0 Å². The fourth-order valence-electron chi connectivity index (χ4n) is 2.26. The Balaban J connectivity index is 2.00. The lowest BCUT2D eigenvalue weighted by molar-refractivity contribution is 0.183. The van der Waals surface area contributed by atoms with Crippen molar-refractivity contribution in [3.63, 3.8) is 0 Å². The molecule has 1 aliphatic rings. The van der Waals surface area contributed by atoms with Gasteiger partial charge in [0, 0.05) is 18.9 Å². The summed E-state index contributed by atoms with van der Waals surface area (Å²) < 4.78 is 5.68. The number of hydrogen-bond acceptors (Lipinski definition) is 4. The predicted octanol–water partition coefficient (Wildman–Crippen LogP) is 1.41. The minimum absolute atomic E-state index is 0.366. The zero-order chi connectivity index (χ0) is 11.5. The molecule has 1 aliphatic heterocycles. The van der Waals surface area contributed by atoms with Crippen LogP contribution in [-0.4, -0.2) is 41.2 Å². The summed E-state index contributed by atoms with van der Waals surface area (Å²) in [6.45, 7) is 3.95. The largest absolute Gasteiger partial charge is 0.445 e. The van der Waals surface area contributed by atoms with Crippen LogP contribution in [0, 0.1) is 0 Å². The number of nitrogens with zero attached hydrogens (tertiary/aromatic N) is 2. The quantitative estimate of drug-likeness (QED) is 0.843. The van der Waals surface area contributed by atoms with E-state index in [1.54, 1.807) is 13.1 Å². The maximum atomic E-state index is 9.27. The Bertz CT molecular complexity index is 336. The van der Waals surface area contributed by atoms with E-state index in [1.165, 1.54) is 6.42 Å². The van der Waals surface area contributed by atoms with E-state index in [9.17, 15) is 5.11 Å². The van der Waals surface area contributed by atoms with Crippen molar-refractivity contribution in [1.29, 1.82) is 0 Å². The molecule has 0 spiro atoms. The summed E-state index contributed by atoms with van der Waals surface area (Å²) in [5, 5.41) is 9.27. The van der Waals surface area contributed by atoms with Crippen molar-refractivity contribution in [2.45, 2.75) is 38.2 Å². The lowest BCUT2D eigenvalue weighted by atomic mass is 9.99. The number of piperidine rings is 1. The molecular weight excluding hydrogens is 204 g/mol. The van der Waals surface area contributed by atoms with Crippen LogP contribution in [0.5, 0.6) is 0 Å². The highest BCUT2D eigenvalue weighted by molar-refractivity contribution is 5.01. The van der Waals surface area contributed by atoms with E-state index in [-0.39, 0.29) is 6.10 Å². The molecule has 0 aromatic carbocycles. The van der Waals surface area contributed by atoms with Crippen LogP contribution in [-0.2, 0) is 6.42 Å². The molecule has 2 atom stereocenters. The highest BCUT2D eigenvalue weighted by Crippen LogP contribution is 2.25. The van der Waals surface area contributed by atoms with Crippen LogP contribution in [0.4, 0.5) is 0 Å². The normalized spacial score (nSPS) is 24.6. The van der Waals surface area contributed by atoms with Crippen molar-refractivity contribution < 1.29 is 9.52 Å². The monoisotopic (exact) mass is 224 g/mol. The Morgan fingerprint density at radius 3 is 3.19 bits per heavy atom. The minimum Gasteiger partial charge on any atom is -0.445 e. The molecule has 4 heteroatoms. The molecule has 2 heterocycles. The lowest BCUT2D eigenvalue weighted by Gasteiger charge is -2.27. The lowest BCUT2D eigenvalue weighted by Crippen LogP contribution is -2.30. The second kappa shape index (κ2) is 4.97. The van der Waals surface area contributed by atoms with Crippen molar-refractivity contribution in [3.05, 3.63) is 17.8 Å². The smallest absolute Gasteiger partial charge is 0.198 e. The van der Waals surface area contributed by atoms with Gasteiger partial charge in [0.1, 0.15) is 5.76 Å². The van der Waals surface area contributed by atoms with Gasteiger partial charge in [0.05, 0.1) is 12.3 Å². The first kappa shape index (κ1) is 11.6. The standard InChI is InChI=1S/C12H20N2O2/c1-9(15)6-11-7-13-12(16-11)10-4-3-5-14(2)8-10/h7,9-10,15H,3-6,8H2,1-2H3. The Morgan fingerprint density at radius 1 is 1.69 bits per heavy atom. The third-order valence-electron chi connectivity index (χ3n) is 3.04. The molecule has 0 aliphatic carbocycles. The van der Waals surface area contributed by atoms with Crippen LogP contribution >= 0.6 is 0 Å². The number of aliphatic hydroxyl groups is 1. The van der Waals surface area contributed by atoms with Gasteiger partial charge in [-0.3, -0.25) is 0 Å². The Kier molecular flexibility index (Phi) is 3.61. The molecule has 2 rings (SSSR count). The second-order valence-corrected chi connectivity index (χ2v) is 4.82.